The topological polar surface area (TPSA) is 517 Å². The van der Waals surface area contributed by atoms with E-state index in [1.807, 2.05) is 0 Å². The molecule has 1 amide bonds. The molecular weight excluding hydrogens is 1140 g/mol. The fourth-order valence-corrected chi connectivity index (χ4v) is 9.41. The minimum absolute atomic E-state index is 0.431. The standard InChI is InChI=1S/C37H73NO35P4/c1-21-28(43)30(45)24(11-39)71-34(21)61-5-8-64-75(51,52)68-18-58-14-37(17-67-74(49,50)57-4,15-59-19-69-76(53,54)65-9-6-62-35-22(2)29(44)31(46)25(12-40)72-35)16-60-20-70-77(55,56)66-10-7-63-36-27(38-23(3)42)33(48)32(47)26(13-41)73-36/h21-22,24-36,39-41,43-48H,5-20H2,1-4H3,(H,38,42)(H,49,50)(H,51,52)(H,53,54)(H,55,56)/t21?,22?,24?,25?,26?,27?,28-,29-,30+,31+,32+,33-,34-,35-,36-,37?/m1/s1. The maximum Gasteiger partial charge on any atom is 0.474 e. The number of phosphoric acid groups is 4. The first kappa shape index (κ1) is 70.5. The van der Waals surface area contributed by atoms with Gasteiger partial charge in [0.15, 0.2) is 39.2 Å². The van der Waals surface area contributed by atoms with Gasteiger partial charge < -0.3 is 113 Å². The van der Waals surface area contributed by atoms with Crippen LogP contribution >= 0.6 is 31.3 Å². The van der Waals surface area contributed by atoms with Crippen molar-refractivity contribution in [3.8, 4) is 0 Å². The molecule has 3 aliphatic rings. The summed E-state index contributed by atoms with van der Waals surface area (Å²) in [6.07, 6.45) is -16.3. The normalized spacial score (nSPS) is 34.0. The molecule has 3 rings (SSSR count). The van der Waals surface area contributed by atoms with E-state index in [1.54, 1.807) is 0 Å². The Morgan fingerprint density at radius 2 is 0.818 bits per heavy atom. The number of ether oxygens (including phenoxy) is 9. The highest BCUT2D eigenvalue weighted by molar-refractivity contribution is 7.48. The summed E-state index contributed by atoms with van der Waals surface area (Å²) in [6.45, 7) is -8.14. The molecule has 10 unspecified atom stereocenters. The van der Waals surface area contributed by atoms with Crippen LogP contribution < -0.4 is 5.32 Å². The minimum Gasteiger partial charge on any atom is -0.394 e. The van der Waals surface area contributed by atoms with E-state index < -0.39 is 241 Å². The lowest BCUT2D eigenvalue weighted by Crippen LogP contribution is -2.64. The van der Waals surface area contributed by atoms with Gasteiger partial charge in [-0.15, -0.1) is 0 Å². The van der Waals surface area contributed by atoms with Gasteiger partial charge in [0.25, 0.3) is 0 Å². The van der Waals surface area contributed by atoms with Crippen LogP contribution in [0.1, 0.15) is 20.8 Å². The molecule has 3 heterocycles. The molecule has 3 saturated heterocycles. The molecule has 40 heteroatoms. The fourth-order valence-electron chi connectivity index (χ4n) is 7.10. The van der Waals surface area contributed by atoms with E-state index >= 15 is 0 Å². The lowest BCUT2D eigenvalue weighted by Gasteiger charge is -2.42. The molecular formula is C37H73NO35P4. The molecule has 19 atom stereocenters. The number of carbonyl (C=O) groups excluding carboxylic acids is 1. The molecule has 456 valence electrons. The number of hydrogen-bond donors (Lipinski definition) is 14. The number of aliphatic hydroxyl groups excluding tert-OH is 9. The number of carbonyl (C=O) groups is 1. The third-order valence-electron chi connectivity index (χ3n) is 11.4. The highest BCUT2D eigenvalue weighted by Gasteiger charge is 2.47. The average Bonchev–Trinajstić information content (AvgIpc) is 3.37. The Labute approximate surface area is 440 Å². The Bertz CT molecular complexity index is 1840. The van der Waals surface area contributed by atoms with Crippen LogP contribution in [0.4, 0.5) is 0 Å². The second-order valence-electron chi connectivity index (χ2n) is 17.3. The summed E-state index contributed by atoms with van der Waals surface area (Å²) in [5.41, 5.74) is -1.96. The summed E-state index contributed by atoms with van der Waals surface area (Å²) in [7, 11) is -19.1. The van der Waals surface area contributed by atoms with E-state index in [9.17, 15) is 88.6 Å². The van der Waals surface area contributed by atoms with E-state index in [2.05, 4.69) is 9.84 Å². The van der Waals surface area contributed by atoms with Crippen molar-refractivity contribution in [1.82, 2.24) is 5.32 Å². The molecule has 0 bridgehead atoms. The highest BCUT2D eigenvalue weighted by Crippen LogP contribution is 2.47. The van der Waals surface area contributed by atoms with Crippen LogP contribution in [0.3, 0.4) is 0 Å². The zero-order chi connectivity index (χ0) is 57.8. The Kier molecular flexibility index (Phi) is 30.6. The van der Waals surface area contributed by atoms with Gasteiger partial charge >= 0.3 is 31.3 Å². The first-order valence-electron chi connectivity index (χ1n) is 23.2. The Morgan fingerprint density at radius 3 is 1.16 bits per heavy atom. The SMILES string of the molecule is COP(=O)(O)OCC(COCOP(=O)(O)OCCO[C@@H]1OC(CO)[C@H](O)[C@H](O)C1C)(COCOP(=O)(O)OCCO[C@@H]1OC(CO)[C@H](O)[C@H](O)C1C)COCOP(=O)(O)OCCO[C@@H]1OC(CO)[C@H](O)[C@H](O)C1NC(C)=O. The van der Waals surface area contributed by atoms with Gasteiger partial charge in [0, 0.05) is 25.9 Å². The van der Waals surface area contributed by atoms with Crippen molar-refractivity contribution in [3.63, 3.8) is 0 Å². The lowest BCUT2D eigenvalue weighted by molar-refractivity contribution is -0.283. The third-order valence-corrected chi connectivity index (χ3v) is 15.1. The van der Waals surface area contributed by atoms with Crippen molar-refractivity contribution in [2.24, 2.45) is 17.3 Å². The zero-order valence-corrected chi connectivity index (χ0v) is 45.6. The van der Waals surface area contributed by atoms with Crippen LogP contribution in [0.15, 0.2) is 0 Å². The van der Waals surface area contributed by atoms with Crippen LogP contribution in [0.2, 0.25) is 0 Å². The molecule has 0 aromatic heterocycles. The van der Waals surface area contributed by atoms with Gasteiger partial charge in [0.2, 0.25) is 5.91 Å². The maximum absolute atomic E-state index is 12.8. The highest BCUT2D eigenvalue weighted by atomic mass is 31.2. The number of amides is 1. The molecule has 14 N–H and O–H groups in total. The summed E-state index contributed by atoms with van der Waals surface area (Å²) in [5.74, 6) is -2.25. The van der Waals surface area contributed by atoms with Crippen molar-refractivity contribution in [2.45, 2.75) is 101 Å². The van der Waals surface area contributed by atoms with Crippen molar-refractivity contribution < 1.29 is 167 Å². The molecule has 0 aliphatic carbocycles. The summed E-state index contributed by atoms with van der Waals surface area (Å²) in [4.78, 5) is 52.7. The van der Waals surface area contributed by atoms with E-state index in [0.29, 0.717) is 0 Å². The van der Waals surface area contributed by atoms with Crippen molar-refractivity contribution in [3.05, 3.63) is 0 Å². The Morgan fingerprint density at radius 1 is 0.481 bits per heavy atom. The van der Waals surface area contributed by atoms with Crippen molar-refractivity contribution >= 4 is 37.2 Å². The molecule has 0 radical (unpaired) electrons. The smallest absolute Gasteiger partial charge is 0.394 e. The van der Waals surface area contributed by atoms with Crippen LogP contribution in [0.25, 0.3) is 0 Å². The molecule has 36 nitrogen and oxygen atoms in total. The van der Waals surface area contributed by atoms with Crippen LogP contribution in [0.5, 0.6) is 0 Å². The predicted molar refractivity (Wildman–Crippen MR) is 245 cm³/mol. The van der Waals surface area contributed by atoms with Crippen molar-refractivity contribution in [1.29, 1.82) is 0 Å². The van der Waals surface area contributed by atoms with Gasteiger partial charge in [-0.05, 0) is 0 Å². The number of nitrogens with one attached hydrogen (secondary N) is 1. The van der Waals surface area contributed by atoms with Gasteiger partial charge in [-0.2, -0.15) is 0 Å². The summed E-state index contributed by atoms with van der Waals surface area (Å²) < 4.78 is 138. The monoisotopic (exact) mass is 1220 g/mol. The Hall–Kier alpha value is -0.810. The van der Waals surface area contributed by atoms with E-state index in [1.165, 1.54) is 13.8 Å². The number of hydrogen-bond acceptors (Lipinski definition) is 31. The average molecular weight is 1220 g/mol. The molecule has 0 spiro atoms. The van der Waals surface area contributed by atoms with E-state index in [0.717, 1.165) is 14.0 Å². The van der Waals surface area contributed by atoms with Gasteiger partial charge in [0.05, 0.1) is 104 Å². The third kappa shape index (κ3) is 23.8. The minimum atomic E-state index is -5.05. The molecule has 0 aromatic rings. The second kappa shape index (κ2) is 33.5. The zero-order valence-electron chi connectivity index (χ0n) is 42.1. The fraction of sp³-hybridized carbons (Fsp3) is 0.973. The van der Waals surface area contributed by atoms with Crippen LogP contribution in [0, 0.1) is 17.3 Å². The summed E-state index contributed by atoms with van der Waals surface area (Å²) in [5, 5.41) is 91.8. The first-order chi connectivity index (χ1) is 36.1. The Balaban J connectivity index is 1.64. The molecule has 3 fully saturated rings. The molecule has 77 heavy (non-hydrogen) atoms. The van der Waals surface area contributed by atoms with Gasteiger partial charge in [0.1, 0.15) is 48.8 Å². The first-order valence-corrected chi connectivity index (χ1v) is 29.2. The number of phosphoric ester groups is 4. The molecule has 0 saturated carbocycles. The van der Waals surface area contributed by atoms with Gasteiger partial charge in [-0.3, -0.25) is 41.0 Å². The summed E-state index contributed by atoms with van der Waals surface area (Å²) in [6, 6.07) is -1.35. The maximum atomic E-state index is 12.8. The quantitative estimate of drug-likeness (QED) is 0.0157. The van der Waals surface area contributed by atoms with Crippen LogP contribution in [-0.4, -0.2) is 265 Å². The number of rotatable bonds is 38. The second-order valence-corrected chi connectivity index (χ2v) is 23.2. The van der Waals surface area contributed by atoms with Crippen LogP contribution in [-0.2, 0) is 102 Å². The van der Waals surface area contributed by atoms with Gasteiger partial charge in [-0.25, -0.2) is 18.3 Å². The predicted octanol–water partition coefficient (Wildman–Crippen LogP) is -4.80. The molecule has 0 aromatic carbocycles. The van der Waals surface area contributed by atoms with Gasteiger partial charge in [-0.1, -0.05) is 13.8 Å². The number of aliphatic hydroxyl groups is 9. The van der Waals surface area contributed by atoms with E-state index in [-0.39, 0.29) is 0 Å². The summed E-state index contributed by atoms with van der Waals surface area (Å²) >= 11 is 0. The molecule has 3 aliphatic heterocycles. The van der Waals surface area contributed by atoms with Crippen molar-refractivity contribution in [2.75, 3.05) is 113 Å². The largest absolute Gasteiger partial charge is 0.474 e. The lowest BCUT2D eigenvalue weighted by atomic mass is 9.92. The van der Waals surface area contributed by atoms with E-state index in [4.69, 9.17) is 74.3 Å².